The Hall–Kier alpha value is -1.90. The van der Waals surface area contributed by atoms with Gasteiger partial charge in [0.1, 0.15) is 0 Å². The molecule has 0 aromatic heterocycles. The van der Waals surface area contributed by atoms with Crippen LogP contribution in [0, 0.1) is 6.92 Å². The summed E-state index contributed by atoms with van der Waals surface area (Å²) in [5, 5.41) is 3.70. The number of aliphatic imine (C=N–C) groups is 1. The minimum Gasteiger partial charge on any atom is -0.383 e. The van der Waals surface area contributed by atoms with Crippen LogP contribution in [0.25, 0.3) is 0 Å². The molecule has 0 amide bonds. The lowest BCUT2D eigenvalue weighted by Gasteiger charge is -2.32. The summed E-state index contributed by atoms with van der Waals surface area (Å²) in [4.78, 5) is 17.4. The molecule has 1 fully saturated rings. The normalized spacial score (nSPS) is 30.3. The predicted octanol–water partition coefficient (Wildman–Crippen LogP) is 3.68. The summed E-state index contributed by atoms with van der Waals surface area (Å²) in [6, 6.07) is 9.39. The van der Waals surface area contributed by atoms with Crippen LogP contribution >= 0.6 is 0 Å². The lowest BCUT2D eigenvalue weighted by atomic mass is 9.81. The van der Waals surface area contributed by atoms with Gasteiger partial charge in [0.05, 0.1) is 11.6 Å². The Morgan fingerprint density at radius 3 is 2.70 bits per heavy atom. The van der Waals surface area contributed by atoms with Crippen molar-refractivity contribution >= 4 is 12.0 Å². The third-order valence-electron chi connectivity index (χ3n) is 5.54. The molecule has 23 heavy (non-hydrogen) atoms. The van der Waals surface area contributed by atoms with Gasteiger partial charge in [-0.25, -0.2) is 0 Å². The number of aryl methyl sites for hydroxylation is 1. The molecule has 1 aliphatic heterocycles. The SMILES string of the molecule is Cc1ccc([C@@H]2CC(=O)C3=C(C2)N[C@H]2CCCC[C@H]2N=C3)cc1. The highest BCUT2D eigenvalue weighted by atomic mass is 16.1. The fourth-order valence-electron chi connectivity index (χ4n) is 4.14. The topological polar surface area (TPSA) is 41.5 Å². The quantitative estimate of drug-likeness (QED) is 0.860. The van der Waals surface area contributed by atoms with Gasteiger partial charge in [0.2, 0.25) is 0 Å². The first-order valence-electron chi connectivity index (χ1n) is 8.83. The molecule has 1 N–H and O–H groups in total. The van der Waals surface area contributed by atoms with Crippen molar-refractivity contribution in [3.05, 3.63) is 46.7 Å². The number of nitrogens with zero attached hydrogens (tertiary/aromatic N) is 1. The highest BCUT2D eigenvalue weighted by Crippen LogP contribution is 2.35. The number of benzene rings is 1. The predicted molar refractivity (Wildman–Crippen MR) is 92.9 cm³/mol. The van der Waals surface area contributed by atoms with Gasteiger partial charge in [-0.3, -0.25) is 9.79 Å². The minimum atomic E-state index is 0.242. The van der Waals surface area contributed by atoms with E-state index in [1.165, 1.54) is 30.4 Å². The minimum absolute atomic E-state index is 0.242. The number of hydrogen-bond donors (Lipinski definition) is 1. The summed E-state index contributed by atoms with van der Waals surface area (Å²) in [6.07, 6.45) is 8.23. The van der Waals surface area contributed by atoms with Crippen molar-refractivity contribution in [2.24, 2.45) is 4.99 Å². The Morgan fingerprint density at radius 2 is 1.87 bits per heavy atom. The molecule has 3 nitrogen and oxygen atoms in total. The Labute approximate surface area is 137 Å². The number of carbonyl (C=O) groups excluding carboxylic acids is 1. The van der Waals surface area contributed by atoms with Crippen LogP contribution in [-0.2, 0) is 4.79 Å². The standard InChI is InChI=1S/C20H24N2O/c1-13-6-8-14(9-7-13)15-10-19-16(20(23)11-15)12-21-17-4-2-3-5-18(17)22-19/h6-9,12,15,17-18,22H,2-5,10-11H2,1H3/t15-,17+,18-/m0/s1. The second kappa shape index (κ2) is 5.95. The van der Waals surface area contributed by atoms with Gasteiger partial charge < -0.3 is 5.32 Å². The third-order valence-corrected chi connectivity index (χ3v) is 5.54. The maximum Gasteiger partial charge on any atom is 0.166 e. The molecule has 0 unspecified atom stereocenters. The van der Waals surface area contributed by atoms with Gasteiger partial charge in [0.15, 0.2) is 5.78 Å². The maximum absolute atomic E-state index is 12.6. The van der Waals surface area contributed by atoms with Gasteiger partial charge in [-0.2, -0.15) is 0 Å². The van der Waals surface area contributed by atoms with E-state index in [4.69, 9.17) is 4.99 Å². The summed E-state index contributed by atoms with van der Waals surface area (Å²) >= 11 is 0. The maximum atomic E-state index is 12.6. The van der Waals surface area contributed by atoms with E-state index in [1.54, 1.807) is 0 Å². The smallest absolute Gasteiger partial charge is 0.166 e. The monoisotopic (exact) mass is 308 g/mol. The first-order valence-corrected chi connectivity index (χ1v) is 8.83. The zero-order valence-electron chi connectivity index (χ0n) is 13.7. The molecule has 0 spiro atoms. The Bertz CT molecular complexity index is 671. The van der Waals surface area contributed by atoms with Crippen molar-refractivity contribution in [2.45, 2.75) is 63.5 Å². The lowest BCUT2D eigenvalue weighted by Crippen LogP contribution is -2.41. The van der Waals surface area contributed by atoms with E-state index < -0.39 is 0 Å². The average molecular weight is 308 g/mol. The van der Waals surface area contributed by atoms with E-state index in [9.17, 15) is 4.79 Å². The highest BCUT2D eigenvalue weighted by Gasteiger charge is 2.33. The summed E-state index contributed by atoms with van der Waals surface area (Å²) < 4.78 is 0. The first kappa shape index (κ1) is 14.7. The number of ketones is 1. The van der Waals surface area contributed by atoms with Gasteiger partial charge in [-0.05, 0) is 37.7 Å². The second-order valence-corrected chi connectivity index (χ2v) is 7.21. The molecule has 3 heteroatoms. The molecule has 0 radical (unpaired) electrons. The number of fused-ring (bicyclic) bond motifs is 1. The summed E-state index contributed by atoms with van der Waals surface area (Å²) in [7, 11) is 0. The van der Waals surface area contributed by atoms with Crippen LogP contribution in [0.5, 0.6) is 0 Å². The average Bonchev–Trinajstić information content (AvgIpc) is 2.74. The molecular formula is C20H24N2O. The van der Waals surface area contributed by atoms with Gasteiger partial charge in [0, 0.05) is 24.4 Å². The van der Waals surface area contributed by atoms with Gasteiger partial charge >= 0.3 is 0 Å². The van der Waals surface area contributed by atoms with Gasteiger partial charge in [-0.1, -0.05) is 42.7 Å². The van der Waals surface area contributed by atoms with E-state index in [0.29, 0.717) is 24.4 Å². The molecule has 3 atom stereocenters. The fourth-order valence-corrected chi connectivity index (χ4v) is 4.14. The van der Waals surface area contributed by atoms with E-state index in [-0.39, 0.29) is 5.78 Å². The molecule has 1 aromatic rings. The van der Waals surface area contributed by atoms with Crippen LogP contribution in [0.2, 0.25) is 0 Å². The Morgan fingerprint density at radius 1 is 1.09 bits per heavy atom. The van der Waals surface area contributed by atoms with E-state index in [0.717, 1.165) is 24.1 Å². The van der Waals surface area contributed by atoms with Crippen LogP contribution in [0.15, 0.2) is 40.5 Å². The lowest BCUT2D eigenvalue weighted by molar-refractivity contribution is -0.115. The van der Waals surface area contributed by atoms with Crippen LogP contribution < -0.4 is 5.32 Å². The van der Waals surface area contributed by atoms with E-state index in [1.807, 2.05) is 6.21 Å². The van der Waals surface area contributed by atoms with Crippen molar-refractivity contribution in [3.8, 4) is 0 Å². The number of carbonyl (C=O) groups is 1. The Kier molecular flexibility index (Phi) is 3.80. The molecule has 120 valence electrons. The number of rotatable bonds is 1. The van der Waals surface area contributed by atoms with Crippen molar-refractivity contribution in [3.63, 3.8) is 0 Å². The zero-order valence-corrected chi connectivity index (χ0v) is 13.7. The van der Waals surface area contributed by atoms with Crippen molar-refractivity contribution in [2.75, 3.05) is 0 Å². The van der Waals surface area contributed by atoms with Gasteiger partial charge in [0.25, 0.3) is 0 Å². The zero-order chi connectivity index (χ0) is 15.8. The van der Waals surface area contributed by atoms with Crippen LogP contribution in [0.3, 0.4) is 0 Å². The van der Waals surface area contributed by atoms with Crippen molar-refractivity contribution in [1.29, 1.82) is 0 Å². The molecule has 1 aromatic carbocycles. The molecule has 1 heterocycles. The van der Waals surface area contributed by atoms with Gasteiger partial charge in [-0.15, -0.1) is 0 Å². The van der Waals surface area contributed by atoms with Crippen molar-refractivity contribution < 1.29 is 4.79 Å². The summed E-state index contributed by atoms with van der Waals surface area (Å²) in [6.45, 7) is 2.10. The highest BCUT2D eigenvalue weighted by molar-refractivity contribution is 6.15. The molecule has 4 rings (SSSR count). The van der Waals surface area contributed by atoms with Crippen molar-refractivity contribution in [1.82, 2.24) is 5.32 Å². The third kappa shape index (κ3) is 2.85. The van der Waals surface area contributed by atoms with Crippen LogP contribution in [-0.4, -0.2) is 24.1 Å². The molecule has 0 saturated heterocycles. The van der Waals surface area contributed by atoms with Crippen LogP contribution in [0.1, 0.15) is 55.6 Å². The largest absolute Gasteiger partial charge is 0.383 e. The molecule has 1 saturated carbocycles. The first-order chi connectivity index (χ1) is 11.2. The number of allylic oxidation sites excluding steroid dienone is 2. The number of hydrogen-bond acceptors (Lipinski definition) is 3. The summed E-state index contributed by atoms with van der Waals surface area (Å²) in [5.74, 6) is 0.537. The molecular weight excluding hydrogens is 284 g/mol. The molecule has 0 bridgehead atoms. The summed E-state index contributed by atoms with van der Waals surface area (Å²) in [5.41, 5.74) is 4.51. The number of nitrogens with one attached hydrogen (secondary N) is 1. The molecule has 3 aliphatic rings. The Balaban J connectivity index is 1.61. The fraction of sp³-hybridized carbons (Fsp3) is 0.500. The molecule has 2 aliphatic carbocycles. The van der Waals surface area contributed by atoms with E-state index in [2.05, 4.69) is 36.5 Å². The van der Waals surface area contributed by atoms with Crippen LogP contribution in [0.4, 0.5) is 0 Å². The second-order valence-electron chi connectivity index (χ2n) is 7.21. The number of Topliss-reactive ketones (excluding diaryl/α,β-unsaturated/α-hetero) is 1. The van der Waals surface area contributed by atoms with E-state index >= 15 is 0 Å².